The Kier molecular flexibility index (Phi) is 11.2. The summed E-state index contributed by atoms with van der Waals surface area (Å²) in [6, 6.07) is 0. The van der Waals surface area contributed by atoms with Crippen LogP contribution >= 0.6 is 11.8 Å². The van der Waals surface area contributed by atoms with Gasteiger partial charge in [-0.25, -0.2) is 4.79 Å². The van der Waals surface area contributed by atoms with Crippen molar-refractivity contribution in [2.24, 2.45) is 0 Å². The number of carbonyl (C=O) groups is 3. The standard InChI is InChI=1S/C7H14N2O2S.C2HF3O2/c1-6(10)12-4-3-9-7(11)5-8-2;3-2(4,5)1(6)7/h8H,3-5H2,1-2H3,(H,9,11);(H,6,7). The number of halogens is 3. The normalized spacial score (nSPS) is 10.2. The van der Waals surface area contributed by atoms with Crippen molar-refractivity contribution >= 4 is 28.8 Å². The molecule has 0 aromatic rings. The number of likely N-dealkylation sites (N-methyl/N-ethyl adjacent to an activating group) is 1. The monoisotopic (exact) mass is 304 g/mol. The van der Waals surface area contributed by atoms with Crippen LogP contribution in [0, 0.1) is 0 Å². The summed E-state index contributed by atoms with van der Waals surface area (Å²) < 4.78 is 31.7. The molecule has 6 nitrogen and oxygen atoms in total. The molecule has 0 aromatic heterocycles. The summed E-state index contributed by atoms with van der Waals surface area (Å²) in [5.41, 5.74) is 0. The van der Waals surface area contributed by atoms with Crippen LogP contribution < -0.4 is 10.6 Å². The van der Waals surface area contributed by atoms with E-state index in [1.165, 1.54) is 18.7 Å². The molecule has 0 aliphatic carbocycles. The molecule has 1 amide bonds. The summed E-state index contributed by atoms with van der Waals surface area (Å²) in [6.07, 6.45) is -5.08. The molecule has 0 saturated heterocycles. The predicted molar refractivity (Wildman–Crippen MR) is 63.8 cm³/mol. The maximum absolute atomic E-state index is 10.8. The van der Waals surface area contributed by atoms with Crippen LogP contribution in [0.25, 0.3) is 0 Å². The zero-order valence-electron chi connectivity index (χ0n) is 10.3. The molecular weight excluding hydrogens is 289 g/mol. The van der Waals surface area contributed by atoms with E-state index in [1.54, 1.807) is 7.05 Å². The molecule has 112 valence electrons. The third kappa shape index (κ3) is 16.7. The van der Waals surface area contributed by atoms with E-state index in [2.05, 4.69) is 10.6 Å². The number of rotatable bonds is 5. The number of hydrogen-bond donors (Lipinski definition) is 3. The zero-order valence-corrected chi connectivity index (χ0v) is 11.2. The van der Waals surface area contributed by atoms with Gasteiger partial charge in [0.2, 0.25) is 5.91 Å². The molecule has 0 saturated carbocycles. The number of nitrogens with one attached hydrogen (secondary N) is 2. The van der Waals surface area contributed by atoms with Crippen molar-refractivity contribution in [1.82, 2.24) is 10.6 Å². The second kappa shape index (κ2) is 10.6. The first-order valence-corrected chi connectivity index (χ1v) is 5.94. The molecular formula is C9H15F3N2O4S. The Morgan fingerprint density at radius 2 is 1.74 bits per heavy atom. The fraction of sp³-hybridized carbons (Fsp3) is 0.667. The number of thioether (sulfide) groups is 1. The minimum Gasteiger partial charge on any atom is -0.475 e. The van der Waals surface area contributed by atoms with Gasteiger partial charge in [0.1, 0.15) is 0 Å². The van der Waals surface area contributed by atoms with Gasteiger partial charge in [0.05, 0.1) is 6.54 Å². The Bertz CT molecular complexity index is 310. The average Bonchev–Trinajstić information content (AvgIpc) is 2.24. The molecule has 0 aromatic carbocycles. The smallest absolute Gasteiger partial charge is 0.475 e. The molecule has 0 spiro atoms. The quantitative estimate of drug-likeness (QED) is 0.630. The number of carboxylic acids is 1. The van der Waals surface area contributed by atoms with Crippen molar-refractivity contribution in [2.75, 3.05) is 25.9 Å². The predicted octanol–water partition coefficient (Wildman–Crippen LogP) is 0.235. The van der Waals surface area contributed by atoms with E-state index in [9.17, 15) is 22.8 Å². The Morgan fingerprint density at radius 3 is 2.05 bits per heavy atom. The highest BCUT2D eigenvalue weighted by molar-refractivity contribution is 8.13. The van der Waals surface area contributed by atoms with Gasteiger partial charge in [0.15, 0.2) is 5.12 Å². The second-order valence-corrected chi connectivity index (χ2v) is 4.30. The first-order chi connectivity index (χ1) is 8.61. The van der Waals surface area contributed by atoms with Crippen LogP contribution in [-0.2, 0) is 14.4 Å². The topological polar surface area (TPSA) is 95.5 Å². The van der Waals surface area contributed by atoms with Gasteiger partial charge in [0, 0.05) is 19.2 Å². The van der Waals surface area contributed by atoms with E-state index in [1.807, 2.05) is 0 Å². The van der Waals surface area contributed by atoms with E-state index in [-0.39, 0.29) is 11.0 Å². The van der Waals surface area contributed by atoms with E-state index < -0.39 is 12.1 Å². The molecule has 0 radical (unpaired) electrons. The minimum absolute atomic E-state index is 0.0401. The van der Waals surface area contributed by atoms with Crippen LogP contribution in [0.3, 0.4) is 0 Å². The molecule has 0 aliphatic heterocycles. The summed E-state index contributed by atoms with van der Waals surface area (Å²) in [7, 11) is 1.71. The van der Waals surface area contributed by atoms with Crippen LogP contribution in [0.1, 0.15) is 6.92 Å². The van der Waals surface area contributed by atoms with Crippen LogP contribution in [0.2, 0.25) is 0 Å². The fourth-order valence-electron chi connectivity index (χ4n) is 0.608. The molecule has 10 heteroatoms. The third-order valence-electron chi connectivity index (χ3n) is 1.31. The lowest BCUT2D eigenvalue weighted by molar-refractivity contribution is -0.192. The van der Waals surface area contributed by atoms with Crippen LogP contribution in [0.5, 0.6) is 0 Å². The maximum Gasteiger partial charge on any atom is 0.490 e. The lowest BCUT2D eigenvalue weighted by Crippen LogP contribution is -2.33. The molecule has 19 heavy (non-hydrogen) atoms. The highest BCUT2D eigenvalue weighted by atomic mass is 32.2. The first kappa shape index (κ1) is 20.0. The van der Waals surface area contributed by atoms with Crippen molar-refractivity contribution in [1.29, 1.82) is 0 Å². The molecule has 0 bridgehead atoms. The number of alkyl halides is 3. The zero-order chi connectivity index (χ0) is 15.5. The average molecular weight is 304 g/mol. The van der Waals surface area contributed by atoms with Gasteiger partial charge >= 0.3 is 12.1 Å². The Balaban J connectivity index is 0. The Morgan fingerprint density at radius 1 is 1.26 bits per heavy atom. The van der Waals surface area contributed by atoms with Gasteiger partial charge in [-0.2, -0.15) is 13.2 Å². The van der Waals surface area contributed by atoms with E-state index in [0.29, 0.717) is 18.8 Å². The van der Waals surface area contributed by atoms with Crippen molar-refractivity contribution in [3.63, 3.8) is 0 Å². The van der Waals surface area contributed by atoms with Crippen LogP contribution in [0.15, 0.2) is 0 Å². The van der Waals surface area contributed by atoms with Gasteiger partial charge in [-0.1, -0.05) is 11.8 Å². The van der Waals surface area contributed by atoms with Crippen LogP contribution in [0.4, 0.5) is 13.2 Å². The molecule has 0 atom stereocenters. The number of carbonyl (C=O) groups excluding carboxylic acids is 2. The Labute approximate surface area is 112 Å². The molecule has 0 heterocycles. The third-order valence-corrected chi connectivity index (χ3v) is 2.12. The summed E-state index contributed by atoms with van der Waals surface area (Å²) in [6.45, 7) is 2.38. The molecule has 0 aliphatic rings. The largest absolute Gasteiger partial charge is 0.490 e. The summed E-state index contributed by atoms with van der Waals surface area (Å²) in [5.74, 6) is -2.15. The van der Waals surface area contributed by atoms with E-state index in [4.69, 9.17) is 9.90 Å². The summed E-state index contributed by atoms with van der Waals surface area (Å²) in [5, 5.41) is 12.6. The highest BCUT2D eigenvalue weighted by Gasteiger charge is 2.38. The number of aliphatic carboxylic acids is 1. The molecule has 0 rings (SSSR count). The molecule has 3 N–H and O–H groups in total. The van der Waals surface area contributed by atoms with Gasteiger partial charge < -0.3 is 15.7 Å². The van der Waals surface area contributed by atoms with E-state index >= 15 is 0 Å². The SMILES string of the molecule is CNCC(=O)NCCSC(C)=O.O=C(O)C(F)(F)F. The number of hydrogen-bond acceptors (Lipinski definition) is 5. The maximum atomic E-state index is 10.8. The highest BCUT2D eigenvalue weighted by Crippen LogP contribution is 2.13. The summed E-state index contributed by atoms with van der Waals surface area (Å²) >= 11 is 1.22. The number of carboxylic acid groups (broad SMARTS) is 1. The number of amides is 1. The second-order valence-electron chi connectivity index (χ2n) is 3.02. The van der Waals surface area contributed by atoms with Gasteiger partial charge in [-0.15, -0.1) is 0 Å². The lowest BCUT2D eigenvalue weighted by Gasteiger charge is -2.02. The van der Waals surface area contributed by atoms with Crippen molar-refractivity contribution in [3.8, 4) is 0 Å². The van der Waals surface area contributed by atoms with Gasteiger partial charge in [0.25, 0.3) is 0 Å². The van der Waals surface area contributed by atoms with Gasteiger partial charge in [-0.05, 0) is 7.05 Å². The van der Waals surface area contributed by atoms with E-state index in [0.717, 1.165) is 0 Å². The lowest BCUT2D eigenvalue weighted by atomic mass is 10.5. The van der Waals surface area contributed by atoms with Crippen molar-refractivity contribution in [2.45, 2.75) is 13.1 Å². The summed E-state index contributed by atoms with van der Waals surface area (Å²) in [4.78, 5) is 30.2. The van der Waals surface area contributed by atoms with Crippen molar-refractivity contribution in [3.05, 3.63) is 0 Å². The Hall–Kier alpha value is -1.29. The van der Waals surface area contributed by atoms with Crippen molar-refractivity contribution < 1.29 is 32.7 Å². The fourth-order valence-corrected chi connectivity index (χ4v) is 1.10. The van der Waals surface area contributed by atoms with Gasteiger partial charge in [-0.3, -0.25) is 9.59 Å². The molecule has 0 fully saturated rings. The molecule has 0 unspecified atom stereocenters. The minimum atomic E-state index is -5.08. The first-order valence-electron chi connectivity index (χ1n) is 4.96. The van der Waals surface area contributed by atoms with Crippen LogP contribution in [-0.4, -0.2) is 54.2 Å².